The Kier molecular flexibility index (Phi) is 4.10. The number of fused-ring (bicyclic) bond motifs is 3. The summed E-state index contributed by atoms with van der Waals surface area (Å²) in [6, 6.07) is 12.2. The Morgan fingerprint density at radius 2 is 1.75 bits per heavy atom. The third-order valence-electron chi connectivity index (χ3n) is 4.62. The average molecular weight is 384 g/mol. The summed E-state index contributed by atoms with van der Waals surface area (Å²) in [5, 5.41) is 1.65. The molecule has 0 unspecified atom stereocenters. The predicted octanol–water partition coefficient (Wildman–Crippen LogP) is 5.50. The number of hydrogen-bond acceptors (Lipinski definition) is 3. The molecule has 2 aromatic heterocycles. The first kappa shape index (κ1) is 18.0. The summed E-state index contributed by atoms with van der Waals surface area (Å²) < 4.78 is 43.4. The molecule has 0 saturated carbocycles. The van der Waals surface area contributed by atoms with Crippen molar-refractivity contribution in [3.8, 4) is 11.3 Å². The smallest absolute Gasteiger partial charge is 0.416 e. The van der Waals surface area contributed by atoms with Gasteiger partial charge in [0.2, 0.25) is 0 Å². The highest BCUT2D eigenvalue weighted by Crippen LogP contribution is 2.35. The van der Waals surface area contributed by atoms with E-state index in [0.717, 1.165) is 34.0 Å². The Labute approximate surface area is 158 Å². The molecule has 2 heterocycles. The number of nitrogens with one attached hydrogen (secondary N) is 1. The molecule has 28 heavy (non-hydrogen) atoms. The van der Waals surface area contributed by atoms with Gasteiger partial charge in [-0.1, -0.05) is 23.8 Å². The molecule has 0 spiro atoms. The van der Waals surface area contributed by atoms with E-state index in [1.807, 2.05) is 25.1 Å². The fourth-order valence-electron chi connectivity index (χ4n) is 3.24. The maximum Gasteiger partial charge on any atom is 0.416 e. The van der Waals surface area contributed by atoms with Crippen molar-refractivity contribution in [2.24, 2.45) is 0 Å². The van der Waals surface area contributed by atoms with E-state index in [9.17, 15) is 18.0 Å². The SMILES string of the molecule is COC(=O)c1cc2c([nH]c3ccc(C)cc32)c(-c2ccc(C(F)(F)F)cc2)n1. The van der Waals surface area contributed by atoms with Gasteiger partial charge in [0, 0.05) is 21.9 Å². The van der Waals surface area contributed by atoms with Crippen LogP contribution in [0.4, 0.5) is 13.2 Å². The molecule has 0 fully saturated rings. The second kappa shape index (κ2) is 6.37. The van der Waals surface area contributed by atoms with Crippen LogP contribution in [0, 0.1) is 6.92 Å². The van der Waals surface area contributed by atoms with Crippen LogP contribution < -0.4 is 0 Å². The van der Waals surface area contributed by atoms with Gasteiger partial charge in [-0.25, -0.2) is 9.78 Å². The van der Waals surface area contributed by atoms with Crippen LogP contribution in [-0.4, -0.2) is 23.0 Å². The maximum atomic E-state index is 12.9. The Morgan fingerprint density at radius 3 is 2.39 bits per heavy atom. The third kappa shape index (κ3) is 2.98. The number of halogens is 3. The molecule has 4 rings (SSSR count). The number of carbonyl (C=O) groups excluding carboxylic acids is 1. The van der Waals surface area contributed by atoms with Gasteiger partial charge < -0.3 is 9.72 Å². The second-order valence-electron chi connectivity index (χ2n) is 6.52. The van der Waals surface area contributed by atoms with Crippen LogP contribution in [0.5, 0.6) is 0 Å². The summed E-state index contributed by atoms with van der Waals surface area (Å²) in [4.78, 5) is 19.7. The molecule has 0 radical (unpaired) electrons. The number of esters is 1. The van der Waals surface area contributed by atoms with Gasteiger partial charge in [0.1, 0.15) is 5.69 Å². The predicted molar refractivity (Wildman–Crippen MR) is 100 cm³/mol. The molecule has 0 atom stereocenters. The Hall–Kier alpha value is -3.35. The number of rotatable bonds is 2. The van der Waals surface area contributed by atoms with Gasteiger partial charge in [0.25, 0.3) is 0 Å². The molecular weight excluding hydrogens is 369 g/mol. The first-order chi connectivity index (χ1) is 13.3. The van der Waals surface area contributed by atoms with Crippen molar-refractivity contribution in [3.63, 3.8) is 0 Å². The first-order valence-electron chi connectivity index (χ1n) is 8.47. The summed E-state index contributed by atoms with van der Waals surface area (Å²) in [5.74, 6) is -0.614. The number of aromatic amines is 1. The number of carbonyl (C=O) groups is 1. The van der Waals surface area contributed by atoms with Crippen molar-refractivity contribution in [2.45, 2.75) is 13.1 Å². The minimum absolute atomic E-state index is 0.0901. The molecule has 0 amide bonds. The van der Waals surface area contributed by atoms with E-state index in [4.69, 9.17) is 4.74 Å². The molecular formula is C21H15F3N2O2. The normalized spacial score (nSPS) is 11.9. The third-order valence-corrected chi connectivity index (χ3v) is 4.62. The molecule has 1 N–H and O–H groups in total. The number of hydrogen-bond donors (Lipinski definition) is 1. The van der Waals surface area contributed by atoms with Gasteiger partial charge >= 0.3 is 12.1 Å². The molecule has 4 nitrogen and oxygen atoms in total. The Morgan fingerprint density at radius 1 is 1.04 bits per heavy atom. The van der Waals surface area contributed by atoms with Gasteiger partial charge in [-0.2, -0.15) is 13.2 Å². The zero-order valence-electron chi connectivity index (χ0n) is 15.0. The fourth-order valence-corrected chi connectivity index (χ4v) is 3.24. The van der Waals surface area contributed by atoms with Crippen LogP contribution in [0.15, 0.2) is 48.5 Å². The highest BCUT2D eigenvalue weighted by molar-refractivity contribution is 6.12. The van der Waals surface area contributed by atoms with Crippen molar-refractivity contribution >= 4 is 27.8 Å². The molecule has 0 aliphatic heterocycles. The summed E-state index contributed by atoms with van der Waals surface area (Å²) >= 11 is 0. The molecule has 0 bridgehead atoms. The Bertz CT molecular complexity index is 1210. The number of nitrogens with zero attached hydrogens (tertiary/aromatic N) is 1. The standard InChI is InChI=1S/C21H15F3N2O2/c1-11-3-8-16-14(9-11)15-10-17(20(27)28-2)26-18(19(15)25-16)12-4-6-13(7-5-12)21(22,23)24/h3-10,25H,1-2H3. The molecule has 0 saturated heterocycles. The van der Waals surface area contributed by atoms with E-state index in [0.29, 0.717) is 16.8 Å². The minimum Gasteiger partial charge on any atom is -0.464 e. The fraction of sp³-hybridized carbons (Fsp3) is 0.143. The van der Waals surface area contributed by atoms with Crippen LogP contribution in [0.2, 0.25) is 0 Å². The monoisotopic (exact) mass is 384 g/mol. The van der Waals surface area contributed by atoms with E-state index in [1.54, 1.807) is 6.07 Å². The number of methoxy groups -OCH3 is 1. The zero-order chi connectivity index (χ0) is 20.1. The van der Waals surface area contributed by atoms with Crippen LogP contribution >= 0.6 is 0 Å². The van der Waals surface area contributed by atoms with E-state index in [-0.39, 0.29) is 5.69 Å². The second-order valence-corrected chi connectivity index (χ2v) is 6.52. The lowest BCUT2D eigenvalue weighted by atomic mass is 10.0. The summed E-state index contributed by atoms with van der Waals surface area (Å²) in [7, 11) is 1.26. The number of aromatic nitrogens is 2. The highest BCUT2D eigenvalue weighted by Gasteiger charge is 2.30. The quantitative estimate of drug-likeness (QED) is 0.465. The Balaban J connectivity index is 2.00. The van der Waals surface area contributed by atoms with Crippen molar-refractivity contribution in [1.82, 2.24) is 9.97 Å². The van der Waals surface area contributed by atoms with Gasteiger partial charge in [-0.15, -0.1) is 0 Å². The molecule has 0 aliphatic rings. The lowest BCUT2D eigenvalue weighted by Crippen LogP contribution is -2.06. The summed E-state index contributed by atoms with van der Waals surface area (Å²) in [5.41, 5.74) is 2.73. The van der Waals surface area contributed by atoms with Gasteiger partial charge in [0.15, 0.2) is 0 Å². The van der Waals surface area contributed by atoms with Crippen LogP contribution in [0.1, 0.15) is 21.6 Å². The topological polar surface area (TPSA) is 55.0 Å². The van der Waals surface area contributed by atoms with E-state index in [2.05, 4.69) is 9.97 Å². The number of benzene rings is 2. The number of aryl methyl sites for hydroxylation is 1. The number of pyridine rings is 1. The largest absolute Gasteiger partial charge is 0.464 e. The number of ether oxygens (including phenoxy) is 1. The summed E-state index contributed by atoms with van der Waals surface area (Å²) in [6.45, 7) is 1.96. The lowest BCUT2D eigenvalue weighted by molar-refractivity contribution is -0.137. The van der Waals surface area contributed by atoms with Gasteiger partial charge in [0.05, 0.1) is 23.9 Å². The highest BCUT2D eigenvalue weighted by atomic mass is 19.4. The zero-order valence-corrected chi connectivity index (χ0v) is 15.0. The molecule has 142 valence electrons. The number of H-pyrrole nitrogens is 1. The van der Waals surface area contributed by atoms with Crippen molar-refractivity contribution in [1.29, 1.82) is 0 Å². The van der Waals surface area contributed by atoms with Crippen molar-refractivity contribution in [2.75, 3.05) is 7.11 Å². The van der Waals surface area contributed by atoms with E-state index >= 15 is 0 Å². The minimum atomic E-state index is -4.42. The maximum absolute atomic E-state index is 12.9. The van der Waals surface area contributed by atoms with E-state index < -0.39 is 17.7 Å². The van der Waals surface area contributed by atoms with Gasteiger partial charge in [-0.3, -0.25) is 0 Å². The van der Waals surface area contributed by atoms with Gasteiger partial charge in [-0.05, 0) is 37.3 Å². The first-order valence-corrected chi connectivity index (χ1v) is 8.47. The molecule has 4 aromatic rings. The molecule has 0 aliphatic carbocycles. The van der Waals surface area contributed by atoms with Crippen LogP contribution in [-0.2, 0) is 10.9 Å². The lowest BCUT2D eigenvalue weighted by Gasteiger charge is -2.09. The van der Waals surface area contributed by atoms with Crippen molar-refractivity contribution < 1.29 is 22.7 Å². The summed E-state index contributed by atoms with van der Waals surface area (Å²) in [6.07, 6.45) is -4.42. The molecule has 7 heteroatoms. The number of alkyl halides is 3. The van der Waals surface area contributed by atoms with E-state index in [1.165, 1.54) is 19.2 Å². The van der Waals surface area contributed by atoms with Crippen LogP contribution in [0.25, 0.3) is 33.1 Å². The molecule has 2 aromatic carbocycles. The van der Waals surface area contributed by atoms with Crippen molar-refractivity contribution in [3.05, 3.63) is 65.4 Å². The average Bonchev–Trinajstić information content (AvgIpc) is 3.04. The van der Waals surface area contributed by atoms with Crippen LogP contribution in [0.3, 0.4) is 0 Å².